The molecule has 6 heteroatoms. The molecule has 2 heterocycles. The predicted molar refractivity (Wildman–Crippen MR) is 82.7 cm³/mol. The lowest BCUT2D eigenvalue weighted by molar-refractivity contribution is 0.797. The van der Waals surface area contributed by atoms with E-state index in [1.54, 1.807) is 17.1 Å². The van der Waals surface area contributed by atoms with Gasteiger partial charge in [-0.15, -0.1) is 0 Å². The highest BCUT2D eigenvalue weighted by atomic mass is 35.5. The molecule has 0 spiro atoms. The number of thiol groups is 1. The van der Waals surface area contributed by atoms with E-state index in [0.29, 0.717) is 5.15 Å². The molecular weight excluding hydrogens is 280 g/mol. The first kappa shape index (κ1) is 14.2. The highest BCUT2D eigenvalue weighted by Gasteiger charge is 2.13. The molecule has 0 saturated heterocycles. The second kappa shape index (κ2) is 6.82. The Balaban J connectivity index is 2.25. The van der Waals surface area contributed by atoms with Crippen LogP contribution < -0.4 is 4.90 Å². The van der Waals surface area contributed by atoms with E-state index in [4.69, 9.17) is 11.6 Å². The summed E-state index contributed by atoms with van der Waals surface area (Å²) in [6.07, 6.45) is 6.46. The molecule has 0 aliphatic rings. The Hall–Kier alpha value is -1.20. The summed E-state index contributed by atoms with van der Waals surface area (Å²) in [5.41, 5.74) is 1.86. The van der Waals surface area contributed by atoms with Crippen molar-refractivity contribution in [2.45, 2.75) is 13.3 Å². The quantitative estimate of drug-likeness (QED) is 0.832. The first-order valence-electron chi connectivity index (χ1n) is 6.27. The fourth-order valence-corrected chi connectivity index (χ4v) is 2.28. The van der Waals surface area contributed by atoms with E-state index < -0.39 is 0 Å². The van der Waals surface area contributed by atoms with Crippen LogP contribution >= 0.6 is 24.2 Å². The van der Waals surface area contributed by atoms with Crippen molar-refractivity contribution in [2.24, 2.45) is 0 Å². The van der Waals surface area contributed by atoms with Crippen LogP contribution in [0, 0.1) is 0 Å². The first-order valence-corrected chi connectivity index (χ1v) is 7.28. The van der Waals surface area contributed by atoms with E-state index in [-0.39, 0.29) is 0 Å². The van der Waals surface area contributed by atoms with Gasteiger partial charge in [-0.05, 0) is 31.2 Å². The Morgan fingerprint density at radius 3 is 2.95 bits per heavy atom. The van der Waals surface area contributed by atoms with Crippen LogP contribution in [-0.2, 0) is 0 Å². The minimum Gasteiger partial charge on any atom is -0.368 e. The van der Waals surface area contributed by atoms with Gasteiger partial charge < -0.3 is 4.90 Å². The standard InChI is InChI=1S/C13H17ClN4S/c1-2-17(7-4-8-19)12-10-18(16-13(12)14)11-5-3-6-15-9-11/h3,5-6,9-10,19H,2,4,7-8H2,1H3. The van der Waals surface area contributed by atoms with Gasteiger partial charge in [-0.3, -0.25) is 4.98 Å². The topological polar surface area (TPSA) is 34.0 Å². The molecular formula is C13H17ClN4S. The van der Waals surface area contributed by atoms with E-state index in [2.05, 4.69) is 34.5 Å². The SMILES string of the molecule is CCN(CCCS)c1cn(-c2cccnc2)nc1Cl. The molecule has 0 aromatic carbocycles. The van der Waals surface area contributed by atoms with Gasteiger partial charge in [-0.2, -0.15) is 17.7 Å². The van der Waals surface area contributed by atoms with Crippen LogP contribution in [0.15, 0.2) is 30.7 Å². The maximum absolute atomic E-state index is 6.23. The van der Waals surface area contributed by atoms with Crippen molar-refractivity contribution in [1.29, 1.82) is 0 Å². The zero-order valence-corrected chi connectivity index (χ0v) is 12.5. The molecule has 2 aromatic heterocycles. The Morgan fingerprint density at radius 1 is 1.47 bits per heavy atom. The number of aromatic nitrogens is 3. The zero-order valence-electron chi connectivity index (χ0n) is 10.8. The Morgan fingerprint density at radius 2 is 2.32 bits per heavy atom. The summed E-state index contributed by atoms with van der Waals surface area (Å²) >= 11 is 10.5. The highest BCUT2D eigenvalue weighted by Crippen LogP contribution is 2.25. The molecule has 0 atom stereocenters. The number of hydrogen-bond donors (Lipinski definition) is 1. The summed E-state index contributed by atoms with van der Waals surface area (Å²) in [6, 6.07) is 3.83. The summed E-state index contributed by atoms with van der Waals surface area (Å²) in [5, 5.41) is 4.86. The lowest BCUT2D eigenvalue weighted by Gasteiger charge is -2.20. The van der Waals surface area contributed by atoms with Gasteiger partial charge in [0.15, 0.2) is 5.15 Å². The molecule has 0 unspecified atom stereocenters. The number of rotatable bonds is 6. The lowest BCUT2D eigenvalue weighted by Crippen LogP contribution is -2.24. The third-order valence-corrected chi connectivity index (χ3v) is 3.46. The number of hydrogen-bond acceptors (Lipinski definition) is 4. The molecule has 0 fully saturated rings. The second-order valence-corrected chi connectivity index (χ2v) is 4.92. The minimum absolute atomic E-state index is 0.518. The molecule has 0 saturated carbocycles. The van der Waals surface area contributed by atoms with Crippen molar-refractivity contribution < 1.29 is 0 Å². The first-order chi connectivity index (χ1) is 9.26. The lowest BCUT2D eigenvalue weighted by atomic mass is 10.3. The zero-order chi connectivity index (χ0) is 13.7. The average Bonchev–Trinajstić information content (AvgIpc) is 2.83. The minimum atomic E-state index is 0.518. The van der Waals surface area contributed by atoms with Crippen molar-refractivity contribution in [3.05, 3.63) is 35.9 Å². The van der Waals surface area contributed by atoms with E-state index in [0.717, 1.165) is 36.6 Å². The third kappa shape index (κ3) is 3.42. The molecule has 4 nitrogen and oxygen atoms in total. The molecule has 0 amide bonds. The normalized spacial score (nSPS) is 10.7. The second-order valence-electron chi connectivity index (χ2n) is 4.12. The van der Waals surface area contributed by atoms with Gasteiger partial charge >= 0.3 is 0 Å². The molecule has 0 bridgehead atoms. The molecule has 0 aliphatic heterocycles. The summed E-state index contributed by atoms with van der Waals surface area (Å²) < 4.78 is 1.76. The van der Waals surface area contributed by atoms with Crippen molar-refractivity contribution >= 4 is 29.9 Å². The number of pyridine rings is 1. The third-order valence-electron chi connectivity index (χ3n) is 2.87. The Kier molecular flexibility index (Phi) is 5.10. The maximum Gasteiger partial charge on any atom is 0.174 e. The number of halogens is 1. The van der Waals surface area contributed by atoms with Gasteiger partial charge in [-0.25, -0.2) is 4.68 Å². The Bertz CT molecular complexity index is 515. The molecule has 0 N–H and O–H groups in total. The maximum atomic E-state index is 6.23. The van der Waals surface area contributed by atoms with Crippen LogP contribution in [0.2, 0.25) is 5.15 Å². The van der Waals surface area contributed by atoms with Crippen LogP contribution in [0.3, 0.4) is 0 Å². The summed E-state index contributed by atoms with van der Waals surface area (Å²) in [6.45, 7) is 3.93. The van der Waals surface area contributed by atoms with Gasteiger partial charge in [0.2, 0.25) is 0 Å². The summed E-state index contributed by atoms with van der Waals surface area (Å²) in [7, 11) is 0. The molecule has 0 radical (unpaired) electrons. The highest BCUT2D eigenvalue weighted by molar-refractivity contribution is 7.80. The average molecular weight is 297 g/mol. The smallest absolute Gasteiger partial charge is 0.174 e. The van der Waals surface area contributed by atoms with Crippen LogP contribution in [0.1, 0.15) is 13.3 Å². The fraction of sp³-hybridized carbons (Fsp3) is 0.385. The van der Waals surface area contributed by atoms with Crippen LogP contribution in [0.4, 0.5) is 5.69 Å². The van der Waals surface area contributed by atoms with Gasteiger partial charge in [-0.1, -0.05) is 11.6 Å². The van der Waals surface area contributed by atoms with Crippen molar-refractivity contribution in [3.63, 3.8) is 0 Å². The molecule has 2 rings (SSSR count). The number of nitrogens with zero attached hydrogens (tertiary/aromatic N) is 4. The number of anilines is 1. The van der Waals surface area contributed by atoms with Crippen molar-refractivity contribution in [3.8, 4) is 5.69 Å². The molecule has 2 aromatic rings. The van der Waals surface area contributed by atoms with Crippen molar-refractivity contribution in [1.82, 2.24) is 14.8 Å². The van der Waals surface area contributed by atoms with Crippen LogP contribution in [0.25, 0.3) is 5.69 Å². The summed E-state index contributed by atoms with van der Waals surface area (Å²) in [5.74, 6) is 0.866. The Labute approximate surface area is 123 Å². The van der Waals surface area contributed by atoms with Crippen molar-refractivity contribution in [2.75, 3.05) is 23.7 Å². The van der Waals surface area contributed by atoms with Gasteiger partial charge in [0.25, 0.3) is 0 Å². The van der Waals surface area contributed by atoms with Gasteiger partial charge in [0, 0.05) is 19.3 Å². The van der Waals surface area contributed by atoms with Crippen LogP contribution in [-0.4, -0.2) is 33.6 Å². The van der Waals surface area contributed by atoms with E-state index in [1.807, 2.05) is 18.3 Å². The largest absolute Gasteiger partial charge is 0.368 e. The summed E-state index contributed by atoms with van der Waals surface area (Å²) in [4.78, 5) is 6.29. The predicted octanol–water partition coefficient (Wildman–Crippen LogP) is 3.07. The molecule has 0 aliphatic carbocycles. The van der Waals surface area contributed by atoms with E-state index >= 15 is 0 Å². The monoisotopic (exact) mass is 296 g/mol. The van der Waals surface area contributed by atoms with E-state index in [1.165, 1.54) is 0 Å². The fourth-order valence-electron chi connectivity index (χ4n) is 1.89. The van der Waals surface area contributed by atoms with Gasteiger partial charge in [0.1, 0.15) is 0 Å². The van der Waals surface area contributed by atoms with Crippen LogP contribution in [0.5, 0.6) is 0 Å². The molecule has 102 valence electrons. The molecule has 19 heavy (non-hydrogen) atoms. The van der Waals surface area contributed by atoms with E-state index in [9.17, 15) is 0 Å². The van der Waals surface area contributed by atoms with Gasteiger partial charge in [0.05, 0.1) is 23.8 Å².